The van der Waals surface area contributed by atoms with Crippen molar-refractivity contribution < 1.29 is 57.7 Å². The van der Waals surface area contributed by atoms with Gasteiger partial charge in [0.25, 0.3) is 0 Å². The van der Waals surface area contributed by atoms with Gasteiger partial charge >= 0.3 is 283 Å². The van der Waals surface area contributed by atoms with Gasteiger partial charge in [-0.3, -0.25) is 0 Å². The summed E-state index contributed by atoms with van der Waals surface area (Å²) in [6.07, 6.45) is 0. The molecule has 0 bridgehead atoms. The summed E-state index contributed by atoms with van der Waals surface area (Å²) in [6, 6.07) is 14.7. The zero-order valence-corrected chi connectivity index (χ0v) is 36.3. The molecule has 8 heteroatoms. The van der Waals surface area contributed by atoms with Gasteiger partial charge in [-0.15, -0.1) is 0 Å². The number of nitrogens with zero attached hydrogens (tertiary/aromatic N) is 3. The van der Waals surface area contributed by atoms with Crippen molar-refractivity contribution in [3.8, 4) is 0 Å². The summed E-state index contributed by atoms with van der Waals surface area (Å²) in [5.74, 6) is 0. The smallest absolute Gasteiger partial charge is 1.00 e. The molecule has 3 aromatic carbocycles. The molecular formula is C39H54Cl3N3SiTi. The minimum absolute atomic E-state index is 0. The number of benzene rings is 3. The normalized spacial score (nSPS) is 16.0. The Morgan fingerprint density at radius 3 is 0.979 bits per heavy atom. The Labute approximate surface area is 317 Å². The maximum atomic E-state index is 2.60. The summed E-state index contributed by atoms with van der Waals surface area (Å²) in [5, 5.41) is 4.26. The number of rotatable bonds is 7. The summed E-state index contributed by atoms with van der Waals surface area (Å²) in [5.41, 5.74) is 16.6. The van der Waals surface area contributed by atoms with Gasteiger partial charge in [-0.25, -0.2) is 0 Å². The van der Waals surface area contributed by atoms with E-state index in [1.807, 2.05) is 0 Å². The van der Waals surface area contributed by atoms with Crippen LogP contribution in [0.3, 0.4) is 0 Å². The maximum absolute atomic E-state index is 3.05. The Morgan fingerprint density at radius 2 is 0.766 bits per heavy atom. The molecule has 0 N–H and O–H groups in total. The first kappa shape index (κ1) is 43.4. The van der Waals surface area contributed by atoms with Crippen molar-refractivity contribution in [3.63, 3.8) is 0 Å². The first-order valence-corrected chi connectivity index (χ1v) is 18.6. The third-order valence-electron chi connectivity index (χ3n) is 11.2. The summed E-state index contributed by atoms with van der Waals surface area (Å²) < 4.78 is 1.51. The van der Waals surface area contributed by atoms with Crippen molar-refractivity contribution in [2.45, 2.75) is 74.3 Å². The van der Waals surface area contributed by atoms with Crippen molar-refractivity contribution in [3.05, 3.63) is 90.4 Å². The fourth-order valence-corrected chi connectivity index (χ4v) is 16.7. The topological polar surface area (TPSA) is 9.72 Å². The molecule has 1 aliphatic carbocycles. The molecule has 1 unspecified atom stereocenters. The van der Waals surface area contributed by atoms with Gasteiger partial charge in [-0.2, -0.15) is 0 Å². The SMILES string of the molecule is CC1=C(C)C(C)([Si](c2ccc(C)c(C)c2N(C)C)(c2ccc(C)c(C)c2N(C)C)c2ccc(C)c(C)c2N(C)C)[C]([Ti+3])=C1C.[Cl-].[Cl-].[Cl-]. The average Bonchev–Trinajstić information content (AvgIpc) is 3.09. The zero-order chi connectivity index (χ0) is 33.2. The zero-order valence-electron chi connectivity index (χ0n) is 31.4. The van der Waals surface area contributed by atoms with Crippen LogP contribution < -0.4 is 67.5 Å². The first-order valence-electron chi connectivity index (χ1n) is 15.8. The van der Waals surface area contributed by atoms with Gasteiger partial charge in [0, 0.05) is 0 Å². The average molecular weight is 747 g/mol. The monoisotopic (exact) mass is 745 g/mol. The molecule has 0 radical (unpaired) electrons. The fourth-order valence-electron chi connectivity index (χ4n) is 8.16. The quantitative estimate of drug-likeness (QED) is 0.208. The van der Waals surface area contributed by atoms with Crippen LogP contribution in [0.2, 0.25) is 5.04 Å². The predicted molar refractivity (Wildman–Crippen MR) is 195 cm³/mol. The second-order valence-electron chi connectivity index (χ2n) is 14.0. The molecule has 1 atom stereocenters. The van der Waals surface area contributed by atoms with Crippen LogP contribution in [-0.2, 0) is 20.4 Å². The Balaban J connectivity index is 0.00000368. The van der Waals surface area contributed by atoms with E-state index in [2.05, 4.69) is 183 Å². The molecule has 254 valence electrons. The Morgan fingerprint density at radius 1 is 0.489 bits per heavy atom. The molecule has 0 aromatic heterocycles. The van der Waals surface area contributed by atoms with E-state index >= 15 is 0 Å². The molecule has 47 heavy (non-hydrogen) atoms. The number of hydrogen-bond donors (Lipinski definition) is 0. The van der Waals surface area contributed by atoms with Crippen molar-refractivity contribution in [1.82, 2.24) is 0 Å². The van der Waals surface area contributed by atoms with Crippen LogP contribution in [0.4, 0.5) is 17.1 Å². The van der Waals surface area contributed by atoms with Crippen molar-refractivity contribution in [2.75, 3.05) is 57.0 Å². The summed E-state index contributed by atoms with van der Waals surface area (Å²) in [4.78, 5) is 7.17. The largest absolute Gasteiger partial charge is 1.00 e. The van der Waals surface area contributed by atoms with Crippen LogP contribution in [0.15, 0.2) is 57.0 Å². The molecule has 0 spiro atoms. The molecule has 3 aromatic rings. The second kappa shape index (κ2) is 15.5. The maximum Gasteiger partial charge on any atom is -1.00 e. The van der Waals surface area contributed by atoms with Crippen molar-refractivity contribution in [2.24, 2.45) is 0 Å². The van der Waals surface area contributed by atoms with Crippen molar-refractivity contribution >= 4 is 40.7 Å². The number of halogens is 3. The minimum atomic E-state index is -3.05. The number of aryl methyl sites for hydroxylation is 3. The van der Waals surface area contributed by atoms with Gasteiger partial charge in [0.1, 0.15) is 0 Å². The molecule has 0 aliphatic heterocycles. The van der Waals surface area contributed by atoms with E-state index in [0.29, 0.717) is 0 Å². The summed E-state index contributed by atoms with van der Waals surface area (Å²) in [6.45, 7) is 23.5. The van der Waals surface area contributed by atoms with Crippen LogP contribution in [0.5, 0.6) is 0 Å². The van der Waals surface area contributed by atoms with Gasteiger partial charge in [-0.1, -0.05) is 0 Å². The minimum Gasteiger partial charge on any atom is -1.00 e. The molecule has 1 aliphatic rings. The van der Waals surface area contributed by atoms with E-state index in [1.165, 1.54) is 86.6 Å². The van der Waals surface area contributed by atoms with Gasteiger partial charge in [0.15, 0.2) is 0 Å². The van der Waals surface area contributed by atoms with Crippen LogP contribution in [0.25, 0.3) is 0 Å². The van der Waals surface area contributed by atoms with Crippen molar-refractivity contribution in [1.29, 1.82) is 0 Å². The molecule has 0 saturated carbocycles. The molecule has 0 heterocycles. The Kier molecular flexibility index (Phi) is 14.3. The van der Waals surface area contributed by atoms with E-state index < -0.39 is 8.07 Å². The van der Waals surface area contributed by atoms with Crippen LogP contribution in [0.1, 0.15) is 61.1 Å². The Hall–Kier alpha value is -1.66. The number of anilines is 3. The second-order valence-corrected chi connectivity index (χ2v) is 18.9. The van der Waals surface area contributed by atoms with E-state index in [0.717, 1.165) is 0 Å². The van der Waals surface area contributed by atoms with E-state index in [-0.39, 0.29) is 42.3 Å². The third kappa shape index (κ3) is 6.30. The van der Waals surface area contributed by atoms with Gasteiger partial charge in [0.2, 0.25) is 0 Å². The van der Waals surface area contributed by atoms with E-state index in [1.54, 1.807) is 0 Å². The molecule has 0 saturated heterocycles. The molecule has 0 amide bonds. The van der Waals surface area contributed by atoms with Gasteiger partial charge in [-0.05, 0) is 0 Å². The van der Waals surface area contributed by atoms with Crippen LogP contribution in [0, 0.1) is 41.5 Å². The van der Waals surface area contributed by atoms with E-state index in [9.17, 15) is 0 Å². The third-order valence-corrected chi connectivity index (χ3v) is 18.7. The molecule has 0 fully saturated rings. The van der Waals surface area contributed by atoms with Gasteiger partial charge < -0.3 is 37.2 Å². The number of allylic oxidation sites excluding steroid dienone is 4. The summed E-state index contributed by atoms with van der Waals surface area (Å²) >= 11 is 2.43. The molecule has 4 rings (SSSR count). The number of hydrogen-bond acceptors (Lipinski definition) is 3. The first-order chi connectivity index (χ1) is 20.4. The predicted octanol–water partition coefficient (Wildman–Crippen LogP) is -1.85. The fraction of sp³-hybridized carbons (Fsp3) is 0.436. The van der Waals surface area contributed by atoms with Crippen LogP contribution >= 0.6 is 0 Å². The van der Waals surface area contributed by atoms with E-state index in [4.69, 9.17) is 0 Å². The van der Waals surface area contributed by atoms with Gasteiger partial charge in [0.05, 0.1) is 0 Å². The van der Waals surface area contributed by atoms with Crippen LogP contribution in [-0.4, -0.2) is 50.4 Å². The standard InChI is InChI=1S/C39H54N3Si.3ClH.Ti/c1-24-17-20-33(36(29(24)6)40(11)12)43(39(10)23-27(4)28(5)32(39)9,34-21-18-25(2)30(7)37(34)41(13)14)35-22-19-26(3)31(8)38(35)42(15)16;;;;/h17-22H,1-16H3;3*1H;/q;;;;+3/p-3. The summed E-state index contributed by atoms with van der Waals surface area (Å²) in [7, 11) is 10.4. The Bertz CT molecular complexity index is 1550. The molecule has 3 nitrogen and oxygen atoms in total. The molecular weight excluding hydrogens is 693 g/mol.